The molecule has 8 nitrogen and oxygen atoms in total. The minimum Gasteiger partial charge on any atom is -0.392 e. The van der Waals surface area contributed by atoms with Crippen molar-refractivity contribution in [3.05, 3.63) is 95.6 Å². The van der Waals surface area contributed by atoms with Gasteiger partial charge in [0, 0.05) is 36.9 Å². The van der Waals surface area contributed by atoms with Crippen LogP contribution in [0.4, 0.5) is 5.69 Å². The quantitative estimate of drug-likeness (QED) is 0.361. The Morgan fingerprint density at radius 3 is 2.35 bits per heavy atom. The third kappa shape index (κ3) is 6.57. The molecule has 0 aliphatic carbocycles. The smallest absolute Gasteiger partial charge is 0.261 e. The summed E-state index contributed by atoms with van der Waals surface area (Å²) in [6, 6.07) is 23.7. The lowest BCUT2D eigenvalue weighted by Crippen LogP contribution is -2.46. The average Bonchev–Trinajstić information content (AvgIpc) is 3.41. The van der Waals surface area contributed by atoms with E-state index in [0.717, 1.165) is 42.6 Å². The highest BCUT2D eigenvalue weighted by atomic mass is 32.2. The molecule has 2 aliphatic rings. The molecule has 0 aromatic heterocycles. The van der Waals surface area contributed by atoms with Gasteiger partial charge in [-0.25, -0.2) is 8.42 Å². The number of methoxy groups -OCH3 is 1. The molecule has 2 N–H and O–H groups in total. The van der Waals surface area contributed by atoms with E-state index in [9.17, 15) is 13.5 Å². The topological polar surface area (TPSA) is 97.3 Å². The van der Waals surface area contributed by atoms with Gasteiger partial charge in [0.05, 0.1) is 30.3 Å². The first-order valence-corrected chi connectivity index (χ1v) is 15.3. The highest BCUT2D eigenvalue weighted by Crippen LogP contribution is 2.42. The van der Waals surface area contributed by atoms with E-state index < -0.39 is 16.3 Å². The van der Waals surface area contributed by atoms with Crippen molar-refractivity contribution < 1.29 is 27.7 Å². The summed E-state index contributed by atoms with van der Waals surface area (Å²) < 4.78 is 46.8. The van der Waals surface area contributed by atoms with Gasteiger partial charge in [0.1, 0.15) is 0 Å². The normalized spacial score (nSPS) is 25.6. The highest BCUT2D eigenvalue weighted by molar-refractivity contribution is 7.92. The van der Waals surface area contributed by atoms with Gasteiger partial charge >= 0.3 is 0 Å². The molecular formula is C31H38N2O6S. The van der Waals surface area contributed by atoms with Gasteiger partial charge in [-0.2, -0.15) is 0 Å². The van der Waals surface area contributed by atoms with Crippen LogP contribution >= 0.6 is 0 Å². The summed E-state index contributed by atoms with van der Waals surface area (Å²) in [6.45, 7) is 4.64. The van der Waals surface area contributed by atoms with E-state index in [1.165, 1.54) is 0 Å². The maximum atomic E-state index is 12.8. The van der Waals surface area contributed by atoms with Crippen LogP contribution in [0.1, 0.15) is 48.8 Å². The molecule has 0 spiro atoms. The molecule has 5 rings (SSSR count). The third-order valence-electron chi connectivity index (χ3n) is 7.88. The van der Waals surface area contributed by atoms with Crippen molar-refractivity contribution in [2.75, 3.05) is 31.5 Å². The van der Waals surface area contributed by atoms with Crippen molar-refractivity contribution in [2.24, 2.45) is 5.92 Å². The lowest BCUT2D eigenvalue weighted by molar-refractivity contribution is -0.276. The number of likely N-dealkylation sites (tertiary alicyclic amines) is 1. The van der Waals surface area contributed by atoms with Crippen LogP contribution in [-0.4, -0.2) is 57.4 Å². The highest BCUT2D eigenvalue weighted by Gasteiger charge is 2.40. The zero-order valence-corrected chi connectivity index (χ0v) is 23.8. The zero-order valence-electron chi connectivity index (χ0n) is 23.0. The van der Waals surface area contributed by atoms with Crippen LogP contribution in [0.25, 0.3) is 0 Å². The third-order valence-corrected chi connectivity index (χ3v) is 9.28. The molecule has 5 atom stereocenters. The van der Waals surface area contributed by atoms with Crippen LogP contribution in [0.3, 0.4) is 0 Å². The van der Waals surface area contributed by atoms with Crippen molar-refractivity contribution in [2.45, 2.75) is 55.8 Å². The van der Waals surface area contributed by atoms with E-state index in [1.807, 2.05) is 36.4 Å². The van der Waals surface area contributed by atoms with Crippen LogP contribution in [0.15, 0.2) is 83.8 Å². The van der Waals surface area contributed by atoms with Crippen molar-refractivity contribution >= 4 is 15.7 Å². The standard InChI is InChI=1S/C31H38N2O6S/c1-22-29(19-33-18-6-7-27(33)21-37-2)38-31(39-30(22)24-12-10-23(20-34)11-13-24)25-14-16-26(17-15-25)32-40(35,36)28-8-4-3-5-9-28/h3-5,8-17,22,27,29-32,34H,6-7,18-21H2,1-2H3/t22-,27-,29+,30+,31+/m0/s1. The molecule has 2 heterocycles. The van der Waals surface area contributed by atoms with Gasteiger partial charge in [-0.05, 0) is 54.8 Å². The number of nitrogens with zero attached hydrogens (tertiary/aromatic N) is 1. The minimum atomic E-state index is -3.69. The predicted molar refractivity (Wildman–Crippen MR) is 153 cm³/mol. The number of nitrogens with one attached hydrogen (secondary N) is 1. The molecule has 2 saturated heterocycles. The molecule has 40 heavy (non-hydrogen) atoms. The lowest BCUT2D eigenvalue weighted by atomic mass is 9.90. The Kier molecular flexibility index (Phi) is 9.20. The van der Waals surface area contributed by atoms with Crippen LogP contribution < -0.4 is 4.72 Å². The Balaban J connectivity index is 1.37. The van der Waals surface area contributed by atoms with Gasteiger partial charge in [0.15, 0.2) is 6.29 Å². The maximum Gasteiger partial charge on any atom is 0.261 e. The monoisotopic (exact) mass is 566 g/mol. The van der Waals surface area contributed by atoms with Crippen LogP contribution in [0.5, 0.6) is 0 Å². The molecule has 0 amide bonds. The second-order valence-corrected chi connectivity index (χ2v) is 12.3. The van der Waals surface area contributed by atoms with Crippen LogP contribution in [0.2, 0.25) is 0 Å². The summed E-state index contributed by atoms with van der Waals surface area (Å²) in [4.78, 5) is 2.67. The molecule has 214 valence electrons. The molecule has 2 fully saturated rings. The summed E-state index contributed by atoms with van der Waals surface area (Å²) in [7, 11) is -1.94. The first kappa shape index (κ1) is 28.7. The van der Waals surface area contributed by atoms with Crippen molar-refractivity contribution in [3.8, 4) is 0 Å². The largest absolute Gasteiger partial charge is 0.392 e. The number of anilines is 1. The van der Waals surface area contributed by atoms with Gasteiger partial charge in [-0.3, -0.25) is 9.62 Å². The summed E-state index contributed by atoms with van der Waals surface area (Å²) in [5.41, 5.74) is 3.16. The first-order valence-electron chi connectivity index (χ1n) is 13.8. The van der Waals surface area contributed by atoms with E-state index in [1.54, 1.807) is 49.6 Å². The van der Waals surface area contributed by atoms with E-state index in [4.69, 9.17) is 14.2 Å². The Morgan fingerprint density at radius 2 is 1.68 bits per heavy atom. The maximum absolute atomic E-state index is 12.8. The Labute approximate surface area is 236 Å². The number of hydrogen-bond donors (Lipinski definition) is 2. The lowest BCUT2D eigenvalue weighted by Gasteiger charge is -2.43. The molecule has 9 heteroatoms. The van der Waals surface area contributed by atoms with Gasteiger partial charge < -0.3 is 19.3 Å². The van der Waals surface area contributed by atoms with E-state index >= 15 is 0 Å². The Morgan fingerprint density at radius 1 is 0.975 bits per heavy atom. The van der Waals surface area contributed by atoms with Crippen LogP contribution in [-0.2, 0) is 30.8 Å². The van der Waals surface area contributed by atoms with Crippen LogP contribution in [0, 0.1) is 5.92 Å². The van der Waals surface area contributed by atoms with Crippen molar-refractivity contribution in [3.63, 3.8) is 0 Å². The number of benzene rings is 3. The van der Waals surface area contributed by atoms with E-state index in [-0.39, 0.29) is 29.6 Å². The molecule has 3 aromatic rings. The molecule has 0 unspecified atom stereocenters. The summed E-state index contributed by atoms with van der Waals surface area (Å²) >= 11 is 0. The number of sulfonamides is 1. The average molecular weight is 567 g/mol. The van der Waals surface area contributed by atoms with E-state index in [2.05, 4.69) is 16.5 Å². The number of hydrogen-bond acceptors (Lipinski definition) is 7. The number of aliphatic hydroxyl groups is 1. The fraction of sp³-hybridized carbons (Fsp3) is 0.419. The van der Waals surface area contributed by atoms with E-state index in [0.29, 0.717) is 18.3 Å². The first-order chi connectivity index (χ1) is 19.4. The summed E-state index contributed by atoms with van der Waals surface area (Å²) in [5.74, 6) is 0.0805. The Bertz CT molecular complexity index is 1330. The predicted octanol–water partition coefficient (Wildman–Crippen LogP) is 4.88. The zero-order chi connectivity index (χ0) is 28.1. The minimum absolute atomic E-state index is 0.00799. The SMILES string of the molecule is COC[C@@H]1CCCN1C[C@H]1O[C@@H](c2ccc(NS(=O)(=O)c3ccccc3)cc2)O[C@@H](c2ccc(CO)cc2)[C@H]1C. The van der Waals surface area contributed by atoms with Gasteiger partial charge in [0.25, 0.3) is 10.0 Å². The second kappa shape index (κ2) is 12.8. The molecule has 0 saturated carbocycles. The summed E-state index contributed by atoms with van der Waals surface area (Å²) in [5, 5.41) is 9.50. The van der Waals surface area contributed by atoms with Gasteiger partial charge in [0.2, 0.25) is 0 Å². The van der Waals surface area contributed by atoms with Crippen molar-refractivity contribution in [1.82, 2.24) is 4.90 Å². The second-order valence-electron chi connectivity index (χ2n) is 10.6. The van der Waals surface area contributed by atoms with Crippen molar-refractivity contribution in [1.29, 1.82) is 0 Å². The fourth-order valence-corrected chi connectivity index (χ4v) is 6.68. The molecular weight excluding hydrogens is 528 g/mol. The number of ether oxygens (including phenoxy) is 3. The van der Waals surface area contributed by atoms with Gasteiger partial charge in [-0.15, -0.1) is 0 Å². The molecule has 3 aromatic carbocycles. The molecule has 0 bridgehead atoms. The summed E-state index contributed by atoms with van der Waals surface area (Å²) in [6.07, 6.45) is 1.33. The number of aliphatic hydroxyl groups excluding tert-OH is 1. The fourth-order valence-electron chi connectivity index (χ4n) is 5.60. The molecule has 0 radical (unpaired) electrons. The molecule has 2 aliphatic heterocycles. The number of rotatable bonds is 10. The Hall–Kier alpha value is -2.79. The van der Waals surface area contributed by atoms with Gasteiger partial charge in [-0.1, -0.05) is 61.5 Å².